The van der Waals surface area contributed by atoms with Crippen LogP contribution in [0.4, 0.5) is 0 Å². The van der Waals surface area contributed by atoms with E-state index in [1.165, 1.54) is 14.2 Å². The maximum atomic E-state index is 12.1. The van der Waals surface area contributed by atoms with E-state index in [0.717, 1.165) is 22.2 Å². The van der Waals surface area contributed by atoms with Gasteiger partial charge in [-0.15, -0.1) is 0 Å². The maximum absolute atomic E-state index is 12.1. The van der Waals surface area contributed by atoms with E-state index in [2.05, 4.69) is 10.3 Å². The fraction of sp³-hybridized carbons (Fsp3) is 0.375. The van der Waals surface area contributed by atoms with Gasteiger partial charge in [0.2, 0.25) is 0 Å². The van der Waals surface area contributed by atoms with Crippen molar-refractivity contribution in [3.63, 3.8) is 0 Å². The smallest absolute Gasteiger partial charge is 0.329 e. The quantitative estimate of drug-likeness (QED) is 0.824. The summed E-state index contributed by atoms with van der Waals surface area (Å²) in [5.74, 6) is -0.953. The van der Waals surface area contributed by atoms with E-state index in [-0.39, 0.29) is 5.92 Å². The third-order valence-electron chi connectivity index (χ3n) is 4.26. The Morgan fingerprint density at radius 2 is 1.77 bits per heavy atom. The molecule has 0 radical (unpaired) electrons. The lowest BCUT2D eigenvalue weighted by atomic mass is 9.84. The number of fused-ring (bicyclic) bond motifs is 3. The SMILES string of the molecule is COC(=O)C1NC(C(=O)OC)C(C)c2c1[nH]c1ccccc21. The summed E-state index contributed by atoms with van der Waals surface area (Å²) in [4.78, 5) is 27.4. The molecule has 1 aliphatic heterocycles. The molecule has 3 atom stereocenters. The van der Waals surface area contributed by atoms with Crippen LogP contribution in [0.15, 0.2) is 24.3 Å². The monoisotopic (exact) mass is 302 g/mol. The van der Waals surface area contributed by atoms with Crippen molar-refractivity contribution in [3.8, 4) is 0 Å². The number of H-pyrrole nitrogens is 1. The highest BCUT2D eigenvalue weighted by Crippen LogP contribution is 2.39. The largest absolute Gasteiger partial charge is 0.468 e. The molecule has 0 fully saturated rings. The molecule has 0 bridgehead atoms. The molecule has 1 aromatic heterocycles. The Labute approximate surface area is 127 Å². The highest BCUT2D eigenvalue weighted by molar-refractivity contribution is 5.91. The predicted octanol–water partition coefficient (Wildman–Crippen LogP) is 1.63. The number of methoxy groups -OCH3 is 2. The molecule has 3 rings (SSSR count). The van der Waals surface area contributed by atoms with Crippen molar-refractivity contribution >= 4 is 22.8 Å². The number of carbonyl (C=O) groups excluding carboxylic acids is 2. The van der Waals surface area contributed by atoms with E-state index < -0.39 is 24.0 Å². The van der Waals surface area contributed by atoms with Crippen LogP contribution in [0.3, 0.4) is 0 Å². The molecule has 6 heteroatoms. The van der Waals surface area contributed by atoms with Crippen molar-refractivity contribution in [1.82, 2.24) is 10.3 Å². The molecule has 2 heterocycles. The van der Waals surface area contributed by atoms with Gasteiger partial charge in [-0.25, -0.2) is 4.79 Å². The van der Waals surface area contributed by atoms with Crippen molar-refractivity contribution < 1.29 is 19.1 Å². The molecule has 0 saturated carbocycles. The molecule has 116 valence electrons. The van der Waals surface area contributed by atoms with Crippen LogP contribution in [0, 0.1) is 0 Å². The second-order valence-electron chi connectivity index (χ2n) is 5.41. The normalized spacial score (nSPS) is 23.9. The minimum atomic E-state index is -0.715. The second-order valence-corrected chi connectivity index (χ2v) is 5.41. The van der Waals surface area contributed by atoms with Gasteiger partial charge in [0.1, 0.15) is 12.1 Å². The summed E-state index contributed by atoms with van der Waals surface area (Å²) < 4.78 is 9.73. The molecular formula is C16H18N2O4. The number of hydrogen-bond donors (Lipinski definition) is 2. The molecule has 1 aliphatic rings. The summed E-state index contributed by atoms with van der Waals surface area (Å²) in [5.41, 5.74) is 2.64. The zero-order chi connectivity index (χ0) is 15.9. The third-order valence-corrected chi connectivity index (χ3v) is 4.26. The van der Waals surface area contributed by atoms with E-state index in [0.29, 0.717) is 0 Å². The molecule has 6 nitrogen and oxygen atoms in total. The first-order valence-corrected chi connectivity index (χ1v) is 7.10. The van der Waals surface area contributed by atoms with Crippen LogP contribution in [0.2, 0.25) is 0 Å². The van der Waals surface area contributed by atoms with Gasteiger partial charge < -0.3 is 14.5 Å². The summed E-state index contributed by atoms with van der Waals surface area (Å²) >= 11 is 0. The Hall–Kier alpha value is -2.34. The minimum absolute atomic E-state index is 0.125. The summed E-state index contributed by atoms with van der Waals surface area (Å²) in [7, 11) is 2.67. The molecule has 2 aromatic rings. The minimum Gasteiger partial charge on any atom is -0.468 e. The van der Waals surface area contributed by atoms with E-state index in [4.69, 9.17) is 9.47 Å². The molecule has 22 heavy (non-hydrogen) atoms. The van der Waals surface area contributed by atoms with Crippen LogP contribution in [0.1, 0.15) is 30.1 Å². The summed E-state index contributed by atoms with van der Waals surface area (Å²) in [5, 5.41) is 4.05. The van der Waals surface area contributed by atoms with Gasteiger partial charge >= 0.3 is 11.9 Å². The lowest BCUT2D eigenvalue weighted by Crippen LogP contribution is -2.49. The van der Waals surface area contributed by atoms with Crippen LogP contribution in [0.5, 0.6) is 0 Å². The molecule has 3 unspecified atom stereocenters. The van der Waals surface area contributed by atoms with E-state index in [1.807, 2.05) is 31.2 Å². The van der Waals surface area contributed by atoms with Gasteiger partial charge in [0.25, 0.3) is 0 Å². The number of aromatic amines is 1. The standard InChI is InChI=1S/C16H18N2O4/c1-8-11-9-6-4-5-7-10(9)17-13(11)14(16(20)22-3)18-12(8)15(19)21-2/h4-8,12,14,17-18H,1-3H3. The van der Waals surface area contributed by atoms with Gasteiger partial charge in [-0.3, -0.25) is 10.1 Å². The lowest BCUT2D eigenvalue weighted by molar-refractivity contribution is -0.147. The highest BCUT2D eigenvalue weighted by Gasteiger charge is 2.42. The predicted molar refractivity (Wildman–Crippen MR) is 80.4 cm³/mol. The zero-order valence-electron chi connectivity index (χ0n) is 12.7. The summed E-state index contributed by atoms with van der Waals surface area (Å²) in [6.07, 6.45) is 0. The van der Waals surface area contributed by atoms with Gasteiger partial charge in [0.05, 0.1) is 14.2 Å². The average Bonchev–Trinajstić information content (AvgIpc) is 2.93. The topological polar surface area (TPSA) is 80.4 Å². The van der Waals surface area contributed by atoms with Gasteiger partial charge in [0, 0.05) is 22.5 Å². The molecule has 2 N–H and O–H groups in total. The number of esters is 2. The molecular weight excluding hydrogens is 284 g/mol. The van der Waals surface area contributed by atoms with Crippen molar-refractivity contribution in [2.45, 2.75) is 24.9 Å². The number of ether oxygens (including phenoxy) is 2. The van der Waals surface area contributed by atoms with E-state index in [9.17, 15) is 9.59 Å². The summed E-state index contributed by atoms with van der Waals surface area (Å²) in [6.45, 7) is 1.95. The first-order valence-electron chi connectivity index (χ1n) is 7.10. The van der Waals surface area contributed by atoms with Crippen molar-refractivity contribution in [2.24, 2.45) is 0 Å². The average molecular weight is 302 g/mol. The van der Waals surface area contributed by atoms with E-state index in [1.54, 1.807) is 0 Å². The highest BCUT2D eigenvalue weighted by atomic mass is 16.5. The van der Waals surface area contributed by atoms with Crippen LogP contribution in [0.25, 0.3) is 10.9 Å². The van der Waals surface area contributed by atoms with Crippen LogP contribution < -0.4 is 5.32 Å². The second kappa shape index (κ2) is 5.46. The fourth-order valence-electron chi connectivity index (χ4n) is 3.18. The number of benzene rings is 1. The van der Waals surface area contributed by atoms with E-state index >= 15 is 0 Å². The van der Waals surface area contributed by atoms with Gasteiger partial charge in [-0.1, -0.05) is 25.1 Å². The number of aromatic nitrogens is 1. The summed E-state index contributed by atoms with van der Waals surface area (Å²) in [6, 6.07) is 6.48. The third kappa shape index (κ3) is 2.07. The van der Waals surface area contributed by atoms with Gasteiger partial charge in [-0.05, 0) is 11.6 Å². The van der Waals surface area contributed by atoms with Crippen molar-refractivity contribution in [1.29, 1.82) is 0 Å². The Balaban J connectivity index is 2.19. The van der Waals surface area contributed by atoms with Gasteiger partial charge in [-0.2, -0.15) is 0 Å². The van der Waals surface area contributed by atoms with Crippen LogP contribution >= 0.6 is 0 Å². The number of rotatable bonds is 2. The van der Waals surface area contributed by atoms with Crippen LogP contribution in [-0.2, 0) is 19.1 Å². The number of carbonyl (C=O) groups is 2. The molecule has 0 saturated heterocycles. The Morgan fingerprint density at radius 1 is 1.09 bits per heavy atom. The fourth-order valence-corrected chi connectivity index (χ4v) is 3.18. The van der Waals surface area contributed by atoms with Gasteiger partial charge in [0.15, 0.2) is 0 Å². The number of para-hydroxylation sites is 1. The maximum Gasteiger partial charge on any atom is 0.329 e. The first kappa shape index (κ1) is 14.6. The molecule has 1 aromatic carbocycles. The Kier molecular flexibility index (Phi) is 3.62. The first-order chi connectivity index (χ1) is 10.6. The molecule has 0 spiro atoms. The van der Waals surface area contributed by atoms with Crippen LogP contribution in [-0.4, -0.2) is 37.2 Å². The number of nitrogens with one attached hydrogen (secondary N) is 2. The molecule has 0 aliphatic carbocycles. The number of hydrogen-bond acceptors (Lipinski definition) is 5. The molecule has 0 amide bonds. The van der Waals surface area contributed by atoms with Crippen molar-refractivity contribution in [3.05, 3.63) is 35.5 Å². The lowest BCUT2D eigenvalue weighted by Gasteiger charge is -2.33. The Morgan fingerprint density at radius 3 is 2.45 bits per heavy atom. The van der Waals surface area contributed by atoms with Crippen molar-refractivity contribution in [2.75, 3.05) is 14.2 Å². The Bertz CT molecular complexity index is 737. The zero-order valence-corrected chi connectivity index (χ0v) is 12.7.